The van der Waals surface area contributed by atoms with Crippen molar-refractivity contribution in [2.45, 2.75) is 76.9 Å². The van der Waals surface area contributed by atoms with Crippen LogP contribution in [0.1, 0.15) is 62.7 Å². The van der Waals surface area contributed by atoms with Crippen LogP contribution in [0.3, 0.4) is 0 Å². The van der Waals surface area contributed by atoms with Gasteiger partial charge in [0.1, 0.15) is 22.2 Å². The Labute approximate surface area is 221 Å². The highest BCUT2D eigenvalue weighted by atomic mass is 32.1. The molecular formula is C28H33FN6OS. The molecule has 1 N–H and O–H groups in total. The van der Waals surface area contributed by atoms with E-state index in [1.807, 2.05) is 28.9 Å². The summed E-state index contributed by atoms with van der Waals surface area (Å²) < 4.78 is 22.6. The van der Waals surface area contributed by atoms with E-state index in [9.17, 15) is 4.39 Å². The average molecular weight is 521 g/mol. The highest BCUT2D eigenvalue weighted by Gasteiger charge is 2.40. The zero-order chi connectivity index (χ0) is 26.0. The van der Waals surface area contributed by atoms with Crippen molar-refractivity contribution in [2.75, 3.05) is 5.32 Å². The van der Waals surface area contributed by atoms with Crippen molar-refractivity contribution in [3.63, 3.8) is 0 Å². The predicted molar refractivity (Wildman–Crippen MR) is 144 cm³/mol. The highest BCUT2D eigenvalue weighted by Crippen LogP contribution is 2.43. The summed E-state index contributed by atoms with van der Waals surface area (Å²) in [5.41, 5.74) is 3.06. The molecule has 1 aliphatic rings. The molecule has 5 rings (SSSR count). The van der Waals surface area contributed by atoms with Crippen molar-refractivity contribution in [3.8, 4) is 5.75 Å². The largest absolute Gasteiger partial charge is 0.487 e. The molecule has 0 atom stereocenters. The van der Waals surface area contributed by atoms with Crippen LogP contribution in [0, 0.1) is 12.7 Å². The minimum atomic E-state index is -0.273. The molecule has 0 spiro atoms. The van der Waals surface area contributed by atoms with Crippen molar-refractivity contribution >= 4 is 23.0 Å². The zero-order valence-electron chi connectivity index (χ0n) is 21.7. The lowest BCUT2D eigenvalue weighted by Crippen LogP contribution is -2.38. The number of hydrogen-bond acceptors (Lipinski definition) is 7. The molecule has 0 unspecified atom stereocenters. The molecule has 194 valence electrons. The first-order valence-corrected chi connectivity index (χ1v) is 13.6. The van der Waals surface area contributed by atoms with E-state index in [0.29, 0.717) is 11.3 Å². The Morgan fingerprint density at radius 2 is 1.92 bits per heavy atom. The Balaban J connectivity index is 1.33. The third-order valence-corrected chi connectivity index (χ3v) is 7.95. The van der Waals surface area contributed by atoms with Crippen molar-refractivity contribution < 1.29 is 9.13 Å². The first kappa shape index (κ1) is 25.3. The molecule has 0 bridgehead atoms. The van der Waals surface area contributed by atoms with Crippen LogP contribution in [0.5, 0.6) is 5.75 Å². The summed E-state index contributed by atoms with van der Waals surface area (Å²) in [6.45, 7) is 8.12. The van der Waals surface area contributed by atoms with Crippen LogP contribution in [0.25, 0.3) is 0 Å². The second-order valence-corrected chi connectivity index (χ2v) is 11.7. The smallest absolute Gasteiger partial charge is 0.167 e. The van der Waals surface area contributed by atoms with E-state index >= 15 is 0 Å². The van der Waals surface area contributed by atoms with Gasteiger partial charge in [0, 0.05) is 23.6 Å². The zero-order valence-corrected chi connectivity index (χ0v) is 22.6. The van der Waals surface area contributed by atoms with E-state index in [2.05, 4.69) is 47.5 Å². The van der Waals surface area contributed by atoms with Gasteiger partial charge in [0.2, 0.25) is 0 Å². The standard InChI is InChI=1S/C28H33FN6OS/c1-19-7-5-9-22(25(19)29)36-21-11-14-28(15-12-21,26-34-30-18-37-26)17-20-8-6-10-23(32-20)33-24-13-16-31-35(24)27(2,3)4/h5-10,13,16,18,21H,11-12,14-15,17H2,1-4H3,(H,32,33)/t21-,28-. The van der Waals surface area contributed by atoms with E-state index in [1.165, 1.54) is 0 Å². The van der Waals surface area contributed by atoms with Gasteiger partial charge in [-0.25, -0.2) is 14.1 Å². The predicted octanol–water partition coefficient (Wildman–Crippen LogP) is 6.58. The molecule has 1 saturated carbocycles. The number of rotatable bonds is 7. The number of nitrogens with zero attached hydrogens (tertiary/aromatic N) is 5. The van der Waals surface area contributed by atoms with Crippen LogP contribution in [0.15, 0.2) is 54.2 Å². The molecule has 0 amide bonds. The molecule has 1 aliphatic carbocycles. The molecule has 0 saturated heterocycles. The van der Waals surface area contributed by atoms with Gasteiger partial charge in [-0.15, -0.1) is 21.5 Å². The Kier molecular flexibility index (Phi) is 6.98. The highest BCUT2D eigenvalue weighted by molar-refractivity contribution is 7.09. The quantitative estimate of drug-likeness (QED) is 0.297. The molecule has 9 heteroatoms. The lowest BCUT2D eigenvalue weighted by Gasteiger charge is -2.38. The monoisotopic (exact) mass is 520 g/mol. The van der Waals surface area contributed by atoms with Gasteiger partial charge < -0.3 is 10.1 Å². The molecule has 37 heavy (non-hydrogen) atoms. The fraction of sp³-hybridized carbons (Fsp3) is 0.429. The van der Waals surface area contributed by atoms with E-state index in [1.54, 1.807) is 42.1 Å². The van der Waals surface area contributed by atoms with Gasteiger partial charge in [-0.1, -0.05) is 18.2 Å². The molecular weight excluding hydrogens is 487 g/mol. The molecule has 1 aromatic carbocycles. The third kappa shape index (κ3) is 5.51. The topological polar surface area (TPSA) is 77.8 Å². The Morgan fingerprint density at radius 1 is 1.14 bits per heavy atom. The number of ether oxygens (including phenoxy) is 1. The van der Waals surface area contributed by atoms with E-state index < -0.39 is 0 Å². The number of aromatic nitrogens is 5. The first-order valence-electron chi connectivity index (χ1n) is 12.7. The number of anilines is 2. The molecule has 4 aromatic rings. The van der Waals surface area contributed by atoms with Gasteiger partial charge >= 0.3 is 0 Å². The van der Waals surface area contributed by atoms with Crippen LogP contribution in [0.4, 0.5) is 16.0 Å². The average Bonchev–Trinajstić information content (AvgIpc) is 3.56. The molecule has 3 heterocycles. The summed E-state index contributed by atoms with van der Waals surface area (Å²) in [6.07, 6.45) is 5.89. The maximum Gasteiger partial charge on any atom is 0.167 e. The summed E-state index contributed by atoms with van der Waals surface area (Å²) in [6, 6.07) is 13.3. The van der Waals surface area contributed by atoms with Gasteiger partial charge in [-0.05, 0) is 77.1 Å². The minimum Gasteiger partial charge on any atom is -0.487 e. The number of pyridine rings is 1. The van der Waals surface area contributed by atoms with Gasteiger partial charge in [-0.3, -0.25) is 0 Å². The van der Waals surface area contributed by atoms with Crippen LogP contribution in [-0.2, 0) is 17.4 Å². The number of nitrogens with one attached hydrogen (secondary N) is 1. The second-order valence-electron chi connectivity index (χ2n) is 10.8. The fourth-order valence-corrected chi connectivity index (χ4v) is 5.90. The summed E-state index contributed by atoms with van der Waals surface area (Å²) in [7, 11) is 0. The van der Waals surface area contributed by atoms with E-state index in [4.69, 9.17) is 9.72 Å². The van der Waals surface area contributed by atoms with Gasteiger partial charge in [0.15, 0.2) is 11.6 Å². The fourth-order valence-electron chi connectivity index (χ4n) is 5.08. The van der Waals surface area contributed by atoms with Crippen molar-refractivity contribution in [1.82, 2.24) is 25.0 Å². The van der Waals surface area contributed by atoms with Crippen LogP contribution >= 0.6 is 11.3 Å². The Hall–Kier alpha value is -3.33. The van der Waals surface area contributed by atoms with Crippen LogP contribution < -0.4 is 10.1 Å². The second kappa shape index (κ2) is 10.2. The normalized spacial score (nSPS) is 20.1. The van der Waals surface area contributed by atoms with E-state index in [-0.39, 0.29) is 22.9 Å². The lowest BCUT2D eigenvalue weighted by molar-refractivity contribution is 0.110. The molecule has 0 radical (unpaired) electrons. The maximum absolute atomic E-state index is 14.5. The van der Waals surface area contributed by atoms with Gasteiger partial charge in [-0.2, -0.15) is 5.10 Å². The van der Waals surface area contributed by atoms with Gasteiger partial charge in [0.05, 0.1) is 17.8 Å². The maximum atomic E-state index is 14.5. The summed E-state index contributed by atoms with van der Waals surface area (Å²) in [5, 5.41) is 17.5. The van der Waals surface area contributed by atoms with Crippen molar-refractivity contribution in [1.29, 1.82) is 0 Å². The number of halogens is 1. The van der Waals surface area contributed by atoms with Crippen molar-refractivity contribution in [3.05, 3.63) is 76.3 Å². The first-order chi connectivity index (χ1) is 17.7. The molecule has 0 aliphatic heterocycles. The summed E-state index contributed by atoms with van der Waals surface area (Å²) in [5.74, 6) is 1.74. The Bertz CT molecular complexity index is 1340. The lowest BCUT2D eigenvalue weighted by atomic mass is 9.70. The number of benzene rings is 1. The summed E-state index contributed by atoms with van der Waals surface area (Å²) >= 11 is 1.59. The SMILES string of the molecule is Cc1cccc(O[C@H]2CC[C@](Cc3cccc(Nc4ccnn4C(C)(C)C)n3)(c3nncs3)CC2)c1F. The van der Waals surface area contributed by atoms with Crippen LogP contribution in [0.2, 0.25) is 0 Å². The molecule has 1 fully saturated rings. The molecule has 7 nitrogen and oxygen atoms in total. The third-order valence-electron chi connectivity index (χ3n) is 7.01. The van der Waals surface area contributed by atoms with Crippen LogP contribution in [-0.4, -0.2) is 31.1 Å². The number of hydrogen-bond donors (Lipinski definition) is 1. The molecule has 3 aromatic heterocycles. The summed E-state index contributed by atoms with van der Waals surface area (Å²) in [4.78, 5) is 4.95. The Morgan fingerprint density at radius 3 is 2.65 bits per heavy atom. The van der Waals surface area contributed by atoms with Gasteiger partial charge in [0.25, 0.3) is 0 Å². The van der Waals surface area contributed by atoms with E-state index in [0.717, 1.165) is 54.4 Å². The number of aryl methyl sites for hydroxylation is 1. The minimum absolute atomic E-state index is 0.0315. The van der Waals surface area contributed by atoms with Crippen molar-refractivity contribution in [2.24, 2.45) is 0 Å².